The minimum absolute atomic E-state index is 0.255. The summed E-state index contributed by atoms with van der Waals surface area (Å²) in [7, 11) is 1.78. The van der Waals surface area contributed by atoms with Crippen LogP contribution in [0.5, 0.6) is 0 Å². The van der Waals surface area contributed by atoms with Gasteiger partial charge in [0.25, 0.3) is 5.91 Å². The third kappa shape index (κ3) is 3.51. The van der Waals surface area contributed by atoms with Crippen molar-refractivity contribution in [2.24, 2.45) is 7.05 Å². The van der Waals surface area contributed by atoms with E-state index in [2.05, 4.69) is 50.5 Å². The molecule has 0 radical (unpaired) electrons. The number of halogens is 1. The van der Waals surface area contributed by atoms with Crippen LogP contribution in [0.4, 0.5) is 5.69 Å². The zero-order chi connectivity index (χ0) is 18.1. The van der Waals surface area contributed by atoms with E-state index in [0.717, 1.165) is 17.1 Å². The molecule has 0 bridgehead atoms. The first kappa shape index (κ1) is 17.4. The predicted octanol–water partition coefficient (Wildman–Crippen LogP) is 3.60. The SMILES string of the molecule is Cc1ccccc1Cn1nc(C)c(NC(=O)c2nn(C)cc2Br)c1C. The molecule has 2 aromatic heterocycles. The van der Waals surface area contributed by atoms with Gasteiger partial charge in [0.15, 0.2) is 5.69 Å². The Bertz CT molecular complexity index is 941. The Morgan fingerprint density at radius 3 is 2.56 bits per heavy atom. The Morgan fingerprint density at radius 1 is 1.20 bits per heavy atom. The lowest BCUT2D eigenvalue weighted by Gasteiger charge is -2.08. The minimum atomic E-state index is -0.255. The quantitative estimate of drug-likeness (QED) is 0.725. The zero-order valence-corrected chi connectivity index (χ0v) is 16.3. The molecule has 3 aromatic rings. The number of benzene rings is 1. The van der Waals surface area contributed by atoms with Gasteiger partial charge in [-0.05, 0) is 47.8 Å². The molecule has 130 valence electrons. The summed E-state index contributed by atoms with van der Waals surface area (Å²) in [6.07, 6.45) is 1.75. The van der Waals surface area contributed by atoms with Gasteiger partial charge in [0, 0.05) is 13.2 Å². The molecule has 0 aliphatic carbocycles. The Kier molecular flexibility index (Phi) is 4.76. The molecule has 0 unspecified atom stereocenters. The summed E-state index contributed by atoms with van der Waals surface area (Å²) in [5.74, 6) is -0.255. The van der Waals surface area contributed by atoms with Crippen molar-refractivity contribution in [2.75, 3.05) is 5.32 Å². The number of hydrogen-bond acceptors (Lipinski definition) is 3. The van der Waals surface area contributed by atoms with Gasteiger partial charge in [-0.25, -0.2) is 0 Å². The van der Waals surface area contributed by atoms with Gasteiger partial charge in [-0.2, -0.15) is 10.2 Å². The van der Waals surface area contributed by atoms with Crippen molar-refractivity contribution in [3.8, 4) is 0 Å². The molecule has 0 aliphatic heterocycles. The van der Waals surface area contributed by atoms with Crippen molar-refractivity contribution < 1.29 is 4.79 Å². The standard InChI is InChI=1S/C18H20BrN5O/c1-11-7-5-6-8-14(11)9-24-13(3)16(12(2)21-24)20-18(25)17-15(19)10-23(4)22-17/h5-8,10H,9H2,1-4H3,(H,20,25). The fraction of sp³-hybridized carbons (Fsp3) is 0.278. The lowest BCUT2D eigenvalue weighted by molar-refractivity contribution is 0.102. The number of aromatic nitrogens is 4. The molecule has 1 amide bonds. The van der Waals surface area contributed by atoms with Crippen molar-refractivity contribution in [3.63, 3.8) is 0 Å². The average molecular weight is 402 g/mol. The highest BCUT2D eigenvalue weighted by atomic mass is 79.9. The lowest BCUT2D eigenvalue weighted by Crippen LogP contribution is -2.15. The Balaban J connectivity index is 1.86. The van der Waals surface area contributed by atoms with Gasteiger partial charge >= 0.3 is 0 Å². The van der Waals surface area contributed by atoms with Crippen LogP contribution in [0.25, 0.3) is 0 Å². The average Bonchev–Trinajstić information content (AvgIpc) is 3.03. The van der Waals surface area contributed by atoms with Crippen molar-refractivity contribution in [1.29, 1.82) is 0 Å². The summed E-state index contributed by atoms with van der Waals surface area (Å²) in [5, 5.41) is 11.7. The van der Waals surface area contributed by atoms with Crippen LogP contribution in [-0.4, -0.2) is 25.5 Å². The maximum Gasteiger partial charge on any atom is 0.277 e. The van der Waals surface area contributed by atoms with E-state index in [0.29, 0.717) is 16.7 Å². The molecular weight excluding hydrogens is 382 g/mol. The molecule has 0 saturated carbocycles. The van der Waals surface area contributed by atoms with Gasteiger partial charge in [-0.15, -0.1) is 0 Å². The smallest absolute Gasteiger partial charge is 0.277 e. The number of rotatable bonds is 4. The van der Waals surface area contributed by atoms with Gasteiger partial charge in [0.2, 0.25) is 0 Å². The monoisotopic (exact) mass is 401 g/mol. The van der Waals surface area contributed by atoms with Gasteiger partial charge < -0.3 is 5.32 Å². The Morgan fingerprint density at radius 2 is 1.92 bits per heavy atom. The molecule has 0 aliphatic rings. The fourth-order valence-corrected chi connectivity index (χ4v) is 3.32. The summed E-state index contributed by atoms with van der Waals surface area (Å²) >= 11 is 3.36. The van der Waals surface area contributed by atoms with E-state index in [1.165, 1.54) is 11.1 Å². The van der Waals surface area contributed by atoms with Crippen molar-refractivity contribution in [3.05, 3.63) is 63.1 Å². The molecule has 0 fully saturated rings. The summed E-state index contributed by atoms with van der Waals surface area (Å²) in [6.45, 7) is 6.61. The van der Waals surface area contributed by atoms with Gasteiger partial charge in [0.1, 0.15) is 0 Å². The van der Waals surface area contributed by atoms with Crippen molar-refractivity contribution >= 4 is 27.5 Å². The second-order valence-electron chi connectivity index (χ2n) is 6.08. The highest BCUT2D eigenvalue weighted by Gasteiger charge is 2.19. The third-order valence-corrected chi connectivity index (χ3v) is 4.78. The minimum Gasteiger partial charge on any atom is -0.317 e. The van der Waals surface area contributed by atoms with Crippen LogP contribution in [0.2, 0.25) is 0 Å². The maximum absolute atomic E-state index is 12.5. The first-order chi connectivity index (χ1) is 11.9. The molecule has 1 aromatic carbocycles. The molecule has 1 N–H and O–H groups in total. The van der Waals surface area contributed by atoms with Crippen LogP contribution >= 0.6 is 15.9 Å². The number of amides is 1. The van der Waals surface area contributed by atoms with Crippen LogP contribution in [0, 0.1) is 20.8 Å². The molecule has 0 saturated heterocycles. The lowest BCUT2D eigenvalue weighted by atomic mass is 10.1. The van der Waals surface area contributed by atoms with E-state index in [4.69, 9.17) is 0 Å². The van der Waals surface area contributed by atoms with E-state index in [1.54, 1.807) is 17.9 Å². The Hall–Kier alpha value is -2.41. The van der Waals surface area contributed by atoms with Crippen molar-refractivity contribution in [1.82, 2.24) is 19.6 Å². The molecule has 2 heterocycles. The summed E-state index contributed by atoms with van der Waals surface area (Å²) in [6, 6.07) is 8.23. The van der Waals surface area contributed by atoms with E-state index in [1.807, 2.05) is 30.7 Å². The number of aryl methyl sites for hydroxylation is 3. The van der Waals surface area contributed by atoms with Crippen LogP contribution in [-0.2, 0) is 13.6 Å². The first-order valence-corrected chi connectivity index (χ1v) is 8.75. The largest absolute Gasteiger partial charge is 0.317 e. The number of hydrogen-bond donors (Lipinski definition) is 1. The third-order valence-electron chi connectivity index (χ3n) is 4.20. The van der Waals surface area contributed by atoms with Crippen LogP contribution < -0.4 is 5.32 Å². The normalized spacial score (nSPS) is 10.9. The molecular formula is C18H20BrN5O. The number of nitrogens with one attached hydrogen (secondary N) is 1. The first-order valence-electron chi connectivity index (χ1n) is 7.96. The van der Waals surface area contributed by atoms with Crippen LogP contribution in [0.1, 0.15) is 33.0 Å². The van der Waals surface area contributed by atoms with Gasteiger partial charge in [-0.3, -0.25) is 14.2 Å². The van der Waals surface area contributed by atoms with Crippen molar-refractivity contribution in [2.45, 2.75) is 27.3 Å². The van der Waals surface area contributed by atoms with Gasteiger partial charge in [0.05, 0.1) is 28.1 Å². The number of carbonyl (C=O) groups excluding carboxylic acids is 1. The Labute approximate surface area is 155 Å². The topological polar surface area (TPSA) is 64.7 Å². The van der Waals surface area contributed by atoms with E-state index in [9.17, 15) is 4.79 Å². The van der Waals surface area contributed by atoms with E-state index in [-0.39, 0.29) is 5.91 Å². The molecule has 0 atom stereocenters. The maximum atomic E-state index is 12.5. The molecule has 7 heteroatoms. The second kappa shape index (κ2) is 6.84. The fourth-order valence-electron chi connectivity index (χ4n) is 2.77. The van der Waals surface area contributed by atoms with E-state index < -0.39 is 0 Å². The molecule has 3 rings (SSSR count). The summed E-state index contributed by atoms with van der Waals surface area (Å²) in [5.41, 5.74) is 5.22. The summed E-state index contributed by atoms with van der Waals surface area (Å²) < 4.78 is 4.18. The number of anilines is 1. The molecule has 25 heavy (non-hydrogen) atoms. The molecule has 6 nitrogen and oxygen atoms in total. The number of nitrogens with zero attached hydrogens (tertiary/aromatic N) is 4. The zero-order valence-electron chi connectivity index (χ0n) is 14.7. The highest BCUT2D eigenvalue weighted by Crippen LogP contribution is 2.23. The predicted molar refractivity (Wildman–Crippen MR) is 101 cm³/mol. The highest BCUT2D eigenvalue weighted by molar-refractivity contribution is 9.10. The second-order valence-corrected chi connectivity index (χ2v) is 6.94. The number of carbonyl (C=O) groups is 1. The van der Waals surface area contributed by atoms with Crippen LogP contribution in [0.3, 0.4) is 0 Å². The van der Waals surface area contributed by atoms with Crippen LogP contribution in [0.15, 0.2) is 34.9 Å². The summed E-state index contributed by atoms with van der Waals surface area (Å²) in [4.78, 5) is 12.5. The van der Waals surface area contributed by atoms with Gasteiger partial charge in [-0.1, -0.05) is 24.3 Å². The molecule has 0 spiro atoms. The van der Waals surface area contributed by atoms with E-state index >= 15 is 0 Å².